The average molecular weight is 213 g/mol. The van der Waals surface area contributed by atoms with E-state index in [-0.39, 0.29) is 0 Å². The van der Waals surface area contributed by atoms with Gasteiger partial charge in [-0.25, -0.2) is 4.98 Å². The van der Waals surface area contributed by atoms with Crippen molar-refractivity contribution in [3.63, 3.8) is 0 Å². The number of rotatable bonds is 5. The number of nitrogen functional groups attached to an aromatic ring is 1. The molecule has 0 spiro atoms. The molecule has 1 atom stereocenters. The predicted molar refractivity (Wildman–Crippen MR) is 60.7 cm³/mol. The molecule has 0 radical (unpaired) electrons. The second-order valence-corrected chi connectivity index (χ2v) is 4.69. The van der Waals surface area contributed by atoms with Crippen molar-refractivity contribution in [2.45, 2.75) is 6.92 Å². The Morgan fingerprint density at radius 1 is 1.64 bits per heavy atom. The summed E-state index contributed by atoms with van der Waals surface area (Å²) >= 11 is 0. The molecular formula is C9H15N3OS. The number of anilines is 2. The standard InChI is InChI=1S/C9H15N3OS/c1-2-14(13)6-5-11-8-3-4-12-9(10)7-8/h3-4,7H,2,5-6H2,1H3,(H3,10,11,12). The van der Waals surface area contributed by atoms with Gasteiger partial charge in [-0.3, -0.25) is 4.21 Å². The van der Waals surface area contributed by atoms with Gasteiger partial charge in [0.05, 0.1) is 0 Å². The monoisotopic (exact) mass is 213 g/mol. The number of hydrogen-bond acceptors (Lipinski definition) is 4. The van der Waals surface area contributed by atoms with Gasteiger partial charge >= 0.3 is 0 Å². The highest BCUT2D eigenvalue weighted by Crippen LogP contribution is 2.07. The van der Waals surface area contributed by atoms with Gasteiger partial charge in [0, 0.05) is 46.8 Å². The van der Waals surface area contributed by atoms with Gasteiger partial charge in [0.1, 0.15) is 5.82 Å². The summed E-state index contributed by atoms with van der Waals surface area (Å²) in [5, 5.41) is 3.14. The van der Waals surface area contributed by atoms with Gasteiger partial charge in [0.2, 0.25) is 0 Å². The SMILES string of the molecule is CCS(=O)CCNc1ccnc(N)c1. The fourth-order valence-electron chi connectivity index (χ4n) is 1.01. The van der Waals surface area contributed by atoms with Crippen molar-refractivity contribution in [3.8, 4) is 0 Å². The van der Waals surface area contributed by atoms with E-state index in [0.717, 1.165) is 5.69 Å². The molecule has 0 saturated heterocycles. The van der Waals surface area contributed by atoms with E-state index in [1.165, 1.54) is 0 Å². The van der Waals surface area contributed by atoms with Gasteiger partial charge in [0.15, 0.2) is 0 Å². The minimum atomic E-state index is -0.715. The van der Waals surface area contributed by atoms with Gasteiger partial charge in [0.25, 0.3) is 0 Å². The molecular weight excluding hydrogens is 198 g/mol. The van der Waals surface area contributed by atoms with E-state index in [4.69, 9.17) is 5.73 Å². The number of hydrogen-bond donors (Lipinski definition) is 2. The van der Waals surface area contributed by atoms with Crippen molar-refractivity contribution in [3.05, 3.63) is 18.3 Å². The predicted octanol–water partition coefficient (Wildman–Crippen LogP) is 0.844. The Bertz CT molecular complexity index is 317. The quantitative estimate of drug-likeness (QED) is 0.760. The molecule has 4 nitrogen and oxygen atoms in total. The zero-order valence-corrected chi connectivity index (χ0v) is 9.01. The summed E-state index contributed by atoms with van der Waals surface area (Å²) in [6.07, 6.45) is 1.65. The summed E-state index contributed by atoms with van der Waals surface area (Å²) in [6.45, 7) is 2.62. The normalized spacial score (nSPS) is 12.4. The van der Waals surface area contributed by atoms with Crippen LogP contribution in [0.15, 0.2) is 18.3 Å². The van der Waals surface area contributed by atoms with Crippen LogP contribution in [-0.2, 0) is 10.8 Å². The van der Waals surface area contributed by atoms with Crippen LogP contribution in [0.2, 0.25) is 0 Å². The largest absolute Gasteiger partial charge is 0.384 e. The van der Waals surface area contributed by atoms with Gasteiger partial charge in [-0.1, -0.05) is 6.92 Å². The highest BCUT2D eigenvalue weighted by atomic mass is 32.2. The number of nitrogens with two attached hydrogens (primary N) is 1. The summed E-state index contributed by atoms with van der Waals surface area (Å²) in [5.74, 6) is 1.87. The smallest absolute Gasteiger partial charge is 0.125 e. The molecule has 3 N–H and O–H groups in total. The Balaban J connectivity index is 2.35. The third-order valence-corrected chi connectivity index (χ3v) is 3.07. The van der Waals surface area contributed by atoms with Crippen LogP contribution in [0.5, 0.6) is 0 Å². The summed E-state index contributed by atoms with van der Waals surface area (Å²) in [4.78, 5) is 3.88. The third kappa shape index (κ3) is 3.74. The summed E-state index contributed by atoms with van der Waals surface area (Å²) in [5.41, 5.74) is 6.43. The van der Waals surface area contributed by atoms with Crippen LogP contribution < -0.4 is 11.1 Å². The lowest BCUT2D eigenvalue weighted by atomic mass is 10.4. The second kappa shape index (κ2) is 5.59. The molecule has 1 aromatic heterocycles. The molecule has 1 heterocycles. The molecule has 14 heavy (non-hydrogen) atoms. The van der Waals surface area contributed by atoms with E-state index >= 15 is 0 Å². The molecule has 0 amide bonds. The number of nitrogens with zero attached hydrogens (tertiary/aromatic N) is 1. The first-order valence-electron chi connectivity index (χ1n) is 4.52. The average Bonchev–Trinajstić information content (AvgIpc) is 2.17. The van der Waals surface area contributed by atoms with Crippen LogP contribution in [0.25, 0.3) is 0 Å². The molecule has 0 aromatic carbocycles. The highest BCUT2D eigenvalue weighted by molar-refractivity contribution is 7.84. The Morgan fingerprint density at radius 2 is 2.43 bits per heavy atom. The van der Waals surface area contributed by atoms with E-state index in [0.29, 0.717) is 23.9 Å². The van der Waals surface area contributed by atoms with Crippen molar-refractivity contribution in [1.82, 2.24) is 4.98 Å². The number of nitrogens with one attached hydrogen (secondary N) is 1. The third-order valence-electron chi connectivity index (χ3n) is 1.76. The van der Waals surface area contributed by atoms with Crippen molar-refractivity contribution < 1.29 is 4.21 Å². The molecule has 0 saturated carbocycles. The van der Waals surface area contributed by atoms with Crippen molar-refractivity contribution in [1.29, 1.82) is 0 Å². The maximum Gasteiger partial charge on any atom is 0.125 e. The highest BCUT2D eigenvalue weighted by Gasteiger charge is 1.96. The molecule has 1 unspecified atom stereocenters. The molecule has 0 aliphatic heterocycles. The Morgan fingerprint density at radius 3 is 3.07 bits per heavy atom. The maximum atomic E-state index is 11.1. The van der Waals surface area contributed by atoms with Crippen LogP contribution in [0, 0.1) is 0 Å². The molecule has 1 rings (SSSR count). The van der Waals surface area contributed by atoms with Gasteiger partial charge in [-0.15, -0.1) is 0 Å². The fourth-order valence-corrected chi connectivity index (χ4v) is 1.63. The van der Waals surface area contributed by atoms with E-state index in [1.54, 1.807) is 12.3 Å². The molecule has 1 aromatic rings. The number of aromatic nitrogens is 1. The summed E-state index contributed by atoms with van der Waals surface area (Å²) in [6, 6.07) is 3.60. The van der Waals surface area contributed by atoms with Gasteiger partial charge < -0.3 is 11.1 Å². The molecule has 0 bridgehead atoms. The van der Waals surface area contributed by atoms with Crippen LogP contribution in [0.3, 0.4) is 0 Å². The first-order valence-corrected chi connectivity index (χ1v) is 6.01. The van der Waals surface area contributed by atoms with E-state index in [2.05, 4.69) is 10.3 Å². The Labute approximate surface area is 86.4 Å². The van der Waals surface area contributed by atoms with Crippen molar-refractivity contribution in [2.75, 3.05) is 29.1 Å². The number of pyridine rings is 1. The molecule has 78 valence electrons. The molecule has 0 aliphatic rings. The summed E-state index contributed by atoms with van der Waals surface area (Å²) < 4.78 is 11.1. The molecule has 5 heteroatoms. The van der Waals surface area contributed by atoms with Crippen LogP contribution in [0.1, 0.15) is 6.92 Å². The maximum absolute atomic E-state index is 11.1. The lowest BCUT2D eigenvalue weighted by molar-refractivity contribution is 0.684. The topological polar surface area (TPSA) is 68.0 Å². The fraction of sp³-hybridized carbons (Fsp3) is 0.444. The molecule has 0 aliphatic carbocycles. The van der Waals surface area contributed by atoms with E-state index < -0.39 is 10.8 Å². The lowest BCUT2D eigenvalue weighted by Gasteiger charge is -2.05. The molecule has 0 fully saturated rings. The van der Waals surface area contributed by atoms with Crippen molar-refractivity contribution >= 4 is 22.3 Å². The van der Waals surface area contributed by atoms with Gasteiger partial charge in [-0.2, -0.15) is 0 Å². The van der Waals surface area contributed by atoms with Crippen molar-refractivity contribution in [2.24, 2.45) is 0 Å². The zero-order chi connectivity index (χ0) is 10.4. The zero-order valence-electron chi connectivity index (χ0n) is 8.19. The minimum Gasteiger partial charge on any atom is -0.384 e. The summed E-state index contributed by atoms with van der Waals surface area (Å²) in [7, 11) is -0.715. The Kier molecular flexibility index (Phi) is 4.39. The first kappa shape index (κ1) is 11.0. The Hall–Kier alpha value is -1.10. The lowest BCUT2D eigenvalue weighted by Crippen LogP contribution is -2.12. The minimum absolute atomic E-state index is 0.492. The first-order chi connectivity index (χ1) is 6.72. The van der Waals surface area contributed by atoms with Crippen LogP contribution >= 0.6 is 0 Å². The van der Waals surface area contributed by atoms with E-state index in [1.807, 2.05) is 13.0 Å². The van der Waals surface area contributed by atoms with Crippen LogP contribution in [0.4, 0.5) is 11.5 Å². The van der Waals surface area contributed by atoms with Crippen LogP contribution in [-0.4, -0.2) is 27.2 Å². The van der Waals surface area contributed by atoms with E-state index in [9.17, 15) is 4.21 Å². The van der Waals surface area contributed by atoms with Gasteiger partial charge in [-0.05, 0) is 6.07 Å². The second-order valence-electron chi connectivity index (χ2n) is 2.83.